The van der Waals surface area contributed by atoms with Gasteiger partial charge in [-0.15, -0.1) is 0 Å². The second-order valence-corrected chi connectivity index (χ2v) is 3.12. The summed E-state index contributed by atoms with van der Waals surface area (Å²) in [5, 5.41) is 0. The highest BCUT2D eigenvalue weighted by Crippen LogP contribution is 2.16. The number of aromatic nitrogens is 1. The molecule has 0 saturated carbocycles. The van der Waals surface area contributed by atoms with E-state index in [0.717, 1.165) is 17.0 Å². The van der Waals surface area contributed by atoms with Gasteiger partial charge in [0.25, 0.3) is 0 Å². The number of nitrogens with zero attached hydrogens (tertiary/aromatic N) is 1. The van der Waals surface area contributed by atoms with E-state index in [9.17, 15) is 0 Å². The number of aryl methyl sites for hydroxylation is 1. The topological polar surface area (TPSA) is 52.0 Å². The largest absolute Gasteiger partial charge is 0.441 e. The van der Waals surface area contributed by atoms with Crippen molar-refractivity contribution >= 4 is 11.1 Å². The second kappa shape index (κ2) is 3.18. The van der Waals surface area contributed by atoms with Gasteiger partial charge in [0.05, 0.1) is 0 Å². The van der Waals surface area contributed by atoms with Crippen LogP contribution in [0.15, 0.2) is 22.6 Å². The molecule has 0 amide bonds. The van der Waals surface area contributed by atoms with Gasteiger partial charge < -0.3 is 10.2 Å². The molecular formula is C10H12N2O. The first-order valence-electron chi connectivity index (χ1n) is 4.36. The lowest BCUT2D eigenvalue weighted by molar-refractivity contribution is 0.531. The smallest absolute Gasteiger partial charge is 0.196 e. The van der Waals surface area contributed by atoms with Crippen molar-refractivity contribution in [3.8, 4) is 0 Å². The zero-order valence-electron chi connectivity index (χ0n) is 7.58. The van der Waals surface area contributed by atoms with Crippen LogP contribution in [-0.2, 0) is 6.42 Å². The van der Waals surface area contributed by atoms with Crippen molar-refractivity contribution in [3.63, 3.8) is 0 Å². The molecule has 0 fully saturated rings. The Hall–Kier alpha value is -1.35. The number of benzene rings is 1. The molecule has 0 radical (unpaired) electrons. The fourth-order valence-electron chi connectivity index (χ4n) is 1.31. The third-order valence-electron chi connectivity index (χ3n) is 1.95. The molecule has 1 aromatic carbocycles. The van der Waals surface area contributed by atoms with E-state index in [4.69, 9.17) is 10.2 Å². The highest BCUT2D eigenvalue weighted by Gasteiger charge is 2.03. The minimum absolute atomic E-state index is 0.575. The summed E-state index contributed by atoms with van der Waals surface area (Å²) in [6, 6.07) is 5.98. The van der Waals surface area contributed by atoms with Gasteiger partial charge in [0, 0.05) is 13.0 Å². The molecule has 1 heterocycles. The maximum Gasteiger partial charge on any atom is 0.196 e. The molecule has 0 aliphatic rings. The number of nitrogens with two attached hydrogens (primary N) is 1. The molecule has 0 aliphatic carbocycles. The number of oxazole rings is 1. The van der Waals surface area contributed by atoms with Crippen LogP contribution in [0.5, 0.6) is 0 Å². The summed E-state index contributed by atoms with van der Waals surface area (Å²) in [7, 11) is 0. The third kappa shape index (κ3) is 1.55. The van der Waals surface area contributed by atoms with E-state index in [2.05, 4.69) is 4.98 Å². The van der Waals surface area contributed by atoms with E-state index in [1.807, 2.05) is 25.1 Å². The molecule has 2 N–H and O–H groups in total. The van der Waals surface area contributed by atoms with Crippen molar-refractivity contribution in [2.75, 3.05) is 6.54 Å². The lowest BCUT2D eigenvalue weighted by Crippen LogP contribution is -2.02. The zero-order valence-corrected chi connectivity index (χ0v) is 7.58. The Labute approximate surface area is 76.6 Å². The standard InChI is InChI=1S/C10H12N2O/c1-7-2-3-8-9(6-7)13-10(12-8)4-5-11/h2-3,6H,4-5,11H2,1H3. The monoisotopic (exact) mass is 176 g/mol. The summed E-state index contributed by atoms with van der Waals surface area (Å²) in [6.07, 6.45) is 0.702. The lowest BCUT2D eigenvalue weighted by Gasteiger charge is -1.88. The summed E-state index contributed by atoms with van der Waals surface area (Å²) in [5.74, 6) is 0.725. The SMILES string of the molecule is Cc1ccc2nc(CCN)oc2c1. The van der Waals surface area contributed by atoms with E-state index < -0.39 is 0 Å². The zero-order chi connectivity index (χ0) is 9.26. The van der Waals surface area contributed by atoms with E-state index in [-0.39, 0.29) is 0 Å². The summed E-state index contributed by atoms with van der Waals surface area (Å²) in [4.78, 5) is 4.30. The van der Waals surface area contributed by atoms with Crippen LogP contribution in [0.2, 0.25) is 0 Å². The Morgan fingerprint density at radius 2 is 2.31 bits per heavy atom. The van der Waals surface area contributed by atoms with Crippen molar-refractivity contribution in [2.24, 2.45) is 5.73 Å². The van der Waals surface area contributed by atoms with E-state index in [1.165, 1.54) is 5.56 Å². The summed E-state index contributed by atoms with van der Waals surface area (Å²) < 4.78 is 5.50. The molecule has 2 rings (SSSR count). The summed E-state index contributed by atoms with van der Waals surface area (Å²) in [6.45, 7) is 2.61. The van der Waals surface area contributed by atoms with Gasteiger partial charge >= 0.3 is 0 Å². The van der Waals surface area contributed by atoms with Crippen LogP contribution in [0.25, 0.3) is 11.1 Å². The lowest BCUT2D eigenvalue weighted by atomic mass is 10.2. The normalized spacial score (nSPS) is 10.9. The Kier molecular flexibility index (Phi) is 2.02. The van der Waals surface area contributed by atoms with Gasteiger partial charge in [-0.2, -0.15) is 0 Å². The first-order chi connectivity index (χ1) is 6.29. The molecule has 0 saturated heterocycles. The molecule has 0 unspecified atom stereocenters. The van der Waals surface area contributed by atoms with E-state index in [1.54, 1.807) is 0 Å². The van der Waals surface area contributed by atoms with E-state index in [0.29, 0.717) is 13.0 Å². The predicted molar refractivity (Wildman–Crippen MR) is 51.5 cm³/mol. The Bertz CT molecular complexity index is 420. The maximum atomic E-state index is 5.50. The maximum absolute atomic E-state index is 5.50. The molecule has 0 spiro atoms. The van der Waals surface area contributed by atoms with Crippen molar-refractivity contribution in [3.05, 3.63) is 29.7 Å². The Morgan fingerprint density at radius 1 is 1.46 bits per heavy atom. The molecular weight excluding hydrogens is 164 g/mol. The summed E-state index contributed by atoms with van der Waals surface area (Å²) in [5.41, 5.74) is 8.36. The van der Waals surface area contributed by atoms with Crippen LogP contribution in [0.1, 0.15) is 11.5 Å². The van der Waals surface area contributed by atoms with Gasteiger partial charge in [0.2, 0.25) is 0 Å². The van der Waals surface area contributed by atoms with Gasteiger partial charge in [-0.3, -0.25) is 0 Å². The van der Waals surface area contributed by atoms with Crippen LogP contribution in [0.3, 0.4) is 0 Å². The highest BCUT2D eigenvalue weighted by atomic mass is 16.3. The van der Waals surface area contributed by atoms with Gasteiger partial charge in [-0.25, -0.2) is 4.98 Å². The minimum Gasteiger partial charge on any atom is -0.441 e. The Morgan fingerprint density at radius 3 is 3.08 bits per heavy atom. The molecule has 1 aromatic heterocycles. The van der Waals surface area contributed by atoms with Crippen LogP contribution in [0.4, 0.5) is 0 Å². The van der Waals surface area contributed by atoms with Gasteiger partial charge in [-0.1, -0.05) is 6.07 Å². The average molecular weight is 176 g/mol. The van der Waals surface area contributed by atoms with Crippen LogP contribution >= 0.6 is 0 Å². The van der Waals surface area contributed by atoms with Gasteiger partial charge in [-0.05, 0) is 24.6 Å². The highest BCUT2D eigenvalue weighted by molar-refractivity contribution is 5.73. The van der Waals surface area contributed by atoms with E-state index >= 15 is 0 Å². The van der Waals surface area contributed by atoms with Crippen LogP contribution in [0, 0.1) is 6.92 Å². The van der Waals surface area contributed by atoms with Crippen LogP contribution in [-0.4, -0.2) is 11.5 Å². The second-order valence-electron chi connectivity index (χ2n) is 3.12. The molecule has 3 nitrogen and oxygen atoms in total. The van der Waals surface area contributed by atoms with Crippen molar-refractivity contribution in [1.29, 1.82) is 0 Å². The predicted octanol–water partition coefficient (Wildman–Crippen LogP) is 1.64. The number of hydrogen-bond acceptors (Lipinski definition) is 3. The molecule has 3 heteroatoms. The summed E-state index contributed by atoms with van der Waals surface area (Å²) >= 11 is 0. The van der Waals surface area contributed by atoms with Crippen molar-refractivity contribution < 1.29 is 4.42 Å². The van der Waals surface area contributed by atoms with Crippen LogP contribution < -0.4 is 5.73 Å². The van der Waals surface area contributed by atoms with Gasteiger partial charge in [0.15, 0.2) is 11.5 Å². The minimum atomic E-state index is 0.575. The first kappa shape index (κ1) is 8.26. The first-order valence-corrected chi connectivity index (χ1v) is 4.36. The third-order valence-corrected chi connectivity index (χ3v) is 1.95. The molecule has 68 valence electrons. The number of fused-ring (bicyclic) bond motifs is 1. The molecule has 2 aromatic rings. The molecule has 0 atom stereocenters. The fraction of sp³-hybridized carbons (Fsp3) is 0.300. The molecule has 13 heavy (non-hydrogen) atoms. The fourth-order valence-corrected chi connectivity index (χ4v) is 1.31. The van der Waals surface area contributed by atoms with Gasteiger partial charge in [0.1, 0.15) is 5.52 Å². The Balaban J connectivity index is 2.49. The quantitative estimate of drug-likeness (QED) is 0.756. The van der Waals surface area contributed by atoms with Crippen molar-refractivity contribution in [2.45, 2.75) is 13.3 Å². The number of hydrogen-bond donors (Lipinski definition) is 1. The number of rotatable bonds is 2. The van der Waals surface area contributed by atoms with Crippen molar-refractivity contribution in [1.82, 2.24) is 4.98 Å². The molecule has 0 aliphatic heterocycles. The molecule has 0 bridgehead atoms. The average Bonchev–Trinajstić information content (AvgIpc) is 2.46.